The standard InChI is InChI=1S/C58H111NO30/c1-63-6-7-65-10-11-67-14-15-69-18-19-71-22-23-73-26-27-75-30-31-77-34-35-79-38-39-81-42-43-83-46-47-85-50-51-87-54-55-88-53-52-86-49-48-84-45-44-82-41-40-80-37-36-78-33-32-76-29-28-74-25-24-72-21-20-70-17-16-68-13-12-66-9-8-64-5-4-58(62)89-59-56(60)2-3-57(59)61/h2-55H2,1H3. The lowest BCUT2D eigenvalue weighted by Crippen LogP contribution is -2.32. The van der Waals surface area contributed by atoms with Crippen LogP contribution in [-0.4, -0.2) is 367 Å². The fourth-order valence-corrected chi connectivity index (χ4v) is 6.48. The molecule has 0 saturated carbocycles. The molecule has 0 spiro atoms. The summed E-state index contributed by atoms with van der Waals surface area (Å²) in [4.78, 5) is 39.4. The maximum atomic E-state index is 11.7. The van der Waals surface area contributed by atoms with E-state index >= 15 is 0 Å². The second-order valence-electron chi connectivity index (χ2n) is 18.1. The van der Waals surface area contributed by atoms with E-state index in [-0.39, 0.29) is 32.5 Å². The zero-order valence-electron chi connectivity index (χ0n) is 53.4. The van der Waals surface area contributed by atoms with Crippen LogP contribution in [0.4, 0.5) is 0 Å². The van der Waals surface area contributed by atoms with E-state index < -0.39 is 17.8 Å². The van der Waals surface area contributed by atoms with Crippen LogP contribution in [0.3, 0.4) is 0 Å². The van der Waals surface area contributed by atoms with Crippen molar-refractivity contribution in [3.63, 3.8) is 0 Å². The normalized spacial score (nSPS) is 12.7. The Morgan fingerprint density at radius 1 is 0.225 bits per heavy atom. The predicted octanol–water partition coefficient (Wildman–Crippen LogP) is 0.0451. The SMILES string of the molecule is COCCOCCOCCOCCOCCOCCOCCOCCOCCOCCOCCOCCOCCOCCOCCOCCOCCOCCOCCOCCOCCOCCOCCOCCOCCOCCC(=O)ON1C(=O)CCC1=O. The highest BCUT2D eigenvalue weighted by atomic mass is 16.7. The van der Waals surface area contributed by atoms with Gasteiger partial charge in [0.2, 0.25) is 0 Å². The second kappa shape index (κ2) is 74.6. The molecule has 0 aromatic carbocycles. The smallest absolute Gasteiger partial charge is 0.335 e. The van der Waals surface area contributed by atoms with Crippen molar-refractivity contribution in [3.8, 4) is 0 Å². The van der Waals surface area contributed by atoms with Crippen LogP contribution in [0.25, 0.3) is 0 Å². The molecule has 0 atom stereocenters. The maximum absolute atomic E-state index is 11.7. The van der Waals surface area contributed by atoms with Crippen LogP contribution in [0, 0.1) is 0 Å². The first-order valence-electron chi connectivity index (χ1n) is 31.1. The van der Waals surface area contributed by atoms with Crippen molar-refractivity contribution in [1.29, 1.82) is 0 Å². The molecule has 0 radical (unpaired) electrons. The number of amides is 2. The third-order valence-electron chi connectivity index (χ3n) is 11.0. The number of hydroxylamine groups is 2. The zero-order chi connectivity index (χ0) is 63.6. The van der Waals surface area contributed by atoms with Gasteiger partial charge in [-0.25, -0.2) is 4.79 Å². The molecule has 0 aliphatic carbocycles. The summed E-state index contributed by atoms with van der Waals surface area (Å²) in [6.07, 6.45) is 0.0214. The van der Waals surface area contributed by atoms with E-state index in [9.17, 15) is 14.4 Å². The lowest BCUT2D eigenvalue weighted by atomic mass is 10.4. The molecule has 31 heteroatoms. The van der Waals surface area contributed by atoms with Gasteiger partial charge in [-0.15, -0.1) is 5.06 Å². The Kier molecular flexibility index (Phi) is 70.9. The zero-order valence-corrected chi connectivity index (χ0v) is 53.4. The third-order valence-corrected chi connectivity index (χ3v) is 11.0. The van der Waals surface area contributed by atoms with Crippen molar-refractivity contribution in [2.24, 2.45) is 0 Å². The number of ether oxygens (including phenoxy) is 26. The minimum atomic E-state index is -0.705. The molecule has 528 valence electrons. The third kappa shape index (κ3) is 68.3. The first kappa shape index (κ1) is 84.6. The van der Waals surface area contributed by atoms with Gasteiger partial charge in [0.1, 0.15) is 0 Å². The number of hydrogen-bond acceptors (Lipinski definition) is 30. The summed E-state index contributed by atoms with van der Waals surface area (Å²) in [5, 5.41) is 0.517. The Bertz CT molecular complexity index is 1420. The summed E-state index contributed by atoms with van der Waals surface area (Å²) in [5.74, 6) is -1.74. The van der Waals surface area contributed by atoms with Crippen molar-refractivity contribution in [2.45, 2.75) is 19.3 Å². The highest BCUT2D eigenvalue weighted by molar-refractivity contribution is 6.01. The van der Waals surface area contributed by atoms with Gasteiger partial charge in [0, 0.05) is 20.0 Å². The van der Waals surface area contributed by atoms with Crippen molar-refractivity contribution in [3.05, 3.63) is 0 Å². The number of carbonyl (C=O) groups is 3. The summed E-state index contributed by atoms with van der Waals surface area (Å²) in [5.41, 5.74) is 0. The minimum absolute atomic E-state index is 0.0519. The molecule has 1 rings (SSSR count). The summed E-state index contributed by atoms with van der Waals surface area (Å²) in [6, 6.07) is 0. The summed E-state index contributed by atoms with van der Waals surface area (Å²) >= 11 is 0. The van der Waals surface area contributed by atoms with Gasteiger partial charge in [-0.1, -0.05) is 0 Å². The van der Waals surface area contributed by atoms with Gasteiger partial charge in [0.15, 0.2) is 0 Å². The van der Waals surface area contributed by atoms with Gasteiger partial charge in [-0.05, 0) is 0 Å². The van der Waals surface area contributed by atoms with Gasteiger partial charge in [0.25, 0.3) is 11.8 Å². The van der Waals surface area contributed by atoms with Gasteiger partial charge in [-0.3, -0.25) is 9.59 Å². The Hall–Kier alpha value is -2.43. The lowest BCUT2D eigenvalue weighted by Gasteiger charge is -2.12. The monoisotopic (exact) mass is 1300 g/mol. The molecule has 89 heavy (non-hydrogen) atoms. The molecule has 0 N–H and O–H groups in total. The summed E-state index contributed by atoms with van der Waals surface area (Å²) < 4.78 is 142. The summed E-state index contributed by atoms with van der Waals surface area (Å²) in [7, 11) is 1.64. The molecule has 0 bridgehead atoms. The largest absolute Gasteiger partial charge is 0.382 e. The molecule has 31 nitrogen and oxygen atoms in total. The van der Waals surface area contributed by atoms with Crippen molar-refractivity contribution >= 4 is 17.8 Å². The Morgan fingerprint density at radius 3 is 0.483 bits per heavy atom. The molecule has 0 aromatic rings. The van der Waals surface area contributed by atoms with E-state index in [2.05, 4.69) is 0 Å². The van der Waals surface area contributed by atoms with Crippen LogP contribution >= 0.6 is 0 Å². The Balaban J connectivity index is 1.59. The van der Waals surface area contributed by atoms with E-state index in [4.69, 9.17) is 128 Å². The Labute approximate surface area is 527 Å². The molecule has 2 amide bonds. The molecule has 0 aromatic heterocycles. The topological polar surface area (TPSA) is 304 Å². The first-order chi connectivity index (χ1) is 44.1. The molecule has 1 aliphatic heterocycles. The predicted molar refractivity (Wildman–Crippen MR) is 314 cm³/mol. The number of imide groups is 1. The van der Waals surface area contributed by atoms with E-state index in [1.54, 1.807) is 7.11 Å². The van der Waals surface area contributed by atoms with E-state index in [1.807, 2.05) is 0 Å². The second-order valence-corrected chi connectivity index (χ2v) is 18.1. The molecule has 1 fully saturated rings. The van der Waals surface area contributed by atoms with E-state index in [1.165, 1.54) is 0 Å². The van der Waals surface area contributed by atoms with Crippen molar-refractivity contribution in [1.82, 2.24) is 5.06 Å². The van der Waals surface area contributed by atoms with E-state index in [0.29, 0.717) is 329 Å². The van der Waals surface area contributed by atoms with Gasteiger partial charge in [-0.2, -0.15) is 0 Å². The van der Waals surface area contributed by atoms with Gasteiger partial charge in [0.05, 0.1) is 343 Å². The van der Waals surface area contributed by atoms with Crippen LogP contribution in [0.15, 0.2) is 0 Å². The van der Waals surface area contributed by atoms with Crippen LogP contribution in [0.2, 0.25) is 0 Å². The minimum Gasteiger partial charge on any atom is -0.382 e. The number of methoxy groups -OCH3 is 1. The Morgan fingerprint density at radius 2 is 0.348 bits per heavy atom. The highest BCUT2D eigenvalue weighted by Crippen LogP contribution is 2.12. The van der Waals surface area contributed by atoms with Gasteiger partial charge >= 0.3 is 5.97 Å². The number of carbonyl (C=O) groups excluding carboxylic acids is 3. The number of hydrogen-bond donors (Lipinski definition) is 0. The fraction of sp³-hybridized carbons (Fsp3) is 0.948. The maximum Gasteiger partial charge on any atom is 0.335 e. The molecule has 0 unspecified atom stereocenters. The van der Waals surface area contributed by atoms with Crippen molar-refractivity contribution < 1.29 is 142 Å². The van der Waals surface area contributed by atoms with Crippen molar-refractivity contribution in [2.75, 3.05) is 344 Å². The molecule has 1 aliphatic rings. The molecular formula is C58H111NO30. The average Bonchev–Trinajstić information content (AvgIpc) is 4.10. The first-order valence-corrected chi connectivity index (χ1v) is 31.1. The lowest BCUT2D eigenvalue weighted by molar-refractivity contribution is -0.198. The van der Waals surface area contributed by atoms with Crippen LogP contribution in [-0.2, 0) is 142 Å². The van der Waals surface area contributed by atoms with Crippen LogP contribution in [0.1, 0.15) is 19.3 Å². The fourth-order valence-electron chi connectivity index (χ4n) is 6.48. The van der Waals surface area contributed by atoms with Gasteiger partial charge < -0.3 is 128 Å². The van der Waals surface area contributed by atoms with Crippen LogP contribution in [0.5, 0.6) is 0 Å². The molecule has 1 heterocycles. The number of nitrogens with zero attached hydrogens (tertiary/aromatic N) is 1. The highest BCUT2D eigenvalue weighted by Gasteiger charge is 2.32. The molecule has 1 saturated heterocycles. The quantitative estimate of drug-likeness (QED) is 0.0574. The molecular weight excluding hydrogens is 1190 g/mol. The number of rotatable bonds is 79. The average molecular weight is 1300 g/mol. The van der Waals surface area contributed by atoms with Crippen LogP contribution < -0.4 is 0 Å². The summed E-state index contributed by atoms with van der Waals surface area (Å²) in [6.45, 7) is 23.8. The van der Waals surface area contributed by atoms with E-state index in [0.717, 1.165) is 0 Å².